The average molecular weight is 573 g/mol. The van der Waals surface area contributed by atoms with Crippen LogP contribution >= 0.6 is 0 Å². The summed E-state index contributed by atoms with van der Waals surface area (Å²) in [6.07, 6.45) is 1.34. The van der Waals surface area contributed by atoms with Crippen LogP contribution in [0.3, 0.4) is 0 Å². The van der Waals surface area contributed by atoms with Gasteiger partial charge < -0.3 is 24.8 Å². The Kier molecular flexibility index (Phi) is 6.83. The molecule has 5 aromatic rings. The number of hydrogen-bond donors (Lipinski definition) is 3. The number of aromatic amines is 1. The fraction of sp³-hybridized carbons (Fsp3) is 0.270. The van der Waals surface area contributed by atoms with Gasteiger partial charge in [0.15, 0.2) is 0 Å². The number of ether oxygens (including phenoxy) is 1. The summed E-state index contributed by atoms with van der Waals surface area (Å²) in [6.45, 7) is 0.776. The number of hydrogen-bond acceptors (Lipinski definition) is 4. The van der Waals surface area contributed by atoms with Gasteiger partial charge in [0.2, 0.25) is 5.91 Å². The first-order chi connectivity index (χ1) is 21.0. The van der Waals surface area contributed by atoms with Crippen molar-refractivity contribution in [1.29, 1.82) is 0 Å². The van der Waals surface area contributed by atoms with E-state index in [1.807, 2.05) is 96.0 Å². The maximum absolute atomic E-state index is 14.1. The molecule has 0 bridgehead atoms. The summed E-state index contributed by atoms with van der Waals surface area (Å²) in [5.74, 6) is -0.105. The number of aliphatic hydroxyl groups is 2. The number of nitrogens with zero attached hydrogens (tertiary/aromatic N) is 1. The summed E-state index contributed by atoms with van der Waals surface area (Å²) in [4.78, 5) is 19.3. The molecule has 1 amide bonds. The van der Waals surface area contributed by atoms with Crippen LogP contribution in [0.2, 0.25) is 0 Å². The molecule has 4 atom stereocenters. The van der Waals surface area contributed by atoms with Crippen LogP contribution in [-0.2, 0) is 22.2 Å². The minimum Gasteiger partial charge on any atom is -0.496 e. The van der Waals surface area contributed by atoms with Crippen molar-refractivity contribution < 1.29 is 19.7 Å². The first-order valence-electron chi connectivity index (χ1n) is 14.9. The SMILES string of the molecule is COc1ccccc1C1(O)C(O)CC(c2ccccc2)(c2ccccc2)C2CN(C(=O)Cc3c[nH]c4ccccc34)CC21. The molecule has 0 radical (unpaired) electrons. The molecule has 1 saturated heterocycles. The van der Waals surface area contributed by atoms with E-state index < -0.39 is 23.0 Å². The summed E-state index contributed by atoms with van der Waals surface area (Å²) >= 11 is 0. The van der Waals surface area contributed by atoms with Crippen molar-refractivity contribution in [2.24, 2.45) is 11.8 Å². The van der Waals surface area contributed by atoms with Crippen LogP contribution in [0.4, 0.5) is 0 Å². The fourth-order valence-electron chi connectivity index (χ4n) is 8.02. The highest BCUT2D eigenvalue weighted by atomic mass is 16.5. The largest absolute Gasteiger partial charge is 0.496 e. The normalized spacial score (nSPS) is 24.5. The lowest BCUT2D eigenvalue weighted by molar-refractivity contribution is -0.168. The molecule has 1 aliphatic heterocycles. The highest BCUT2D eigenvalue weighted by Crippen LogP contribution is 2.60. The number of carbonyl (C=O) groups is 1. The zero-order chi connectivity index (χ0) is 29.6. The Morgan fingerprint density at radius 3 is 2.16 bits per heavy atom. The first-order valence-corrected chi connectivity index (χ1v) is 14.9. The highest BCUT2D eigenvalue weighted by Gasteiger charge is 2.64. The van der Waals surface area contributed by atoms with Gasteiger partial charge in [0.25, 0.3) is 0 Å². The van der Waals surface area contributed by atoms with Crippen molar-refractivity contribution >= 4 is 16.8 Å². The fourth-order valence-corrected chi connectivity index (χ4v) is 8.02. The van der Waals surface area contributed by atoms with Crippen molar-refractivity contribution in [3.8, 4) is 5.75 Å². The lowest BCUT2D eigenvalue weighted by Gasteiger charge is -2.55. The molecule has 0 spiro atoms. The van der Waals surface area contributed by atoms with Crippen molar-refractivity contribution in [3.63, 3.8) is 0 Å². The van der Waals surface area contributed by atoms with Gasteiger partial charge in [-0.15, -0.1) is 0 Å². The summed E-state index contributed by atoms with van der Waals surface area (Å²) in [5.41, 5.74) is 2.40. The van der Waals surface area contributed by atoms with Crippen molar-refractivity contribution in [2.75, 3.05) is 20.2 Å². The summed E-state index contributed by atoms with van der Waals surface area (Å²) in [5, 5.41) is 25.9. The third-order valence-corrected chi connectivity index (χ3v) is 10.0. The van der Waals surface area contributed by atoms with Gasteiger partial charge in [0.05, 0.1) is 19.6 Å². The standard InChI is InChI=1S/C37H36N2O4/c1-43-33-19-11-9-17-29(33)37(42)31-24-39(35(41)20-25-22-38-32-18-10-8-16-28(25)32)23-30(31)36(21-34(37)40,26-12-4-2-5-13-26)27-14-6-3-7-15-27/h2-19,22,30-31,34,38,40,42H,20-21,23-24H2,1H3. The number of aliphatic hydroxyl groups excluding tert-OH is 1. The third-order valence-electron chi connectivity index (χ3n) is 10.0. The number of aromatic nitrogens is 1. The molecule has 4 unspecified atom stereocenters. The number of nitrogens with one attached hydrogen (secondary N) is 1. The molecule has 1 aliphatic carbocycles. The number of benzene rings is 4. The Bertz CT molecular complexity index is 1710. The van der Waals surface area contributed by atoms with Crippen LogP contribution in [0, 0.1) is 11.8 Å². The van der Waals surface area contributed by atoms with Gasteiger partial charge >= 0.3 is 0 Å². The van der Waals surface area contributed by atoms with E-state index in [1.54, 1.807) is 7.11 Å². The van der Waals surface area contributed by atoms with Gasteiger partial charge in [-0.3, -0.25) is 4.79 Å². The topological polar surface area (TPSA) is 85.8 Å². The molecular weight excluding hydrogens is 536 g/mol. The zero-order valence-corrected chi connectivity index (χ0v) is 24.2. The Morgan fingerprint density at radius 2 is 1.47 bits per heavy atom. The molecular formula is C37H36N2O4. The van der Waals surface area contributed by atoms with Gasteiger partial charge in [-0.1, -0.05) is 97.1 Å². The van der Waals surface area contributed by atoms with Crippen LogP contribution in [0.1, 0.15) is 28.7 Å². The maximum atomic E-state index is 14.1. The van der Waals surface area contributed by atoms with E-state index in [4.69, 9.17) is 4.74 Å². The molecule has 1 saturated carbocycles. The quantitative estimate of drug-likeness (QED) is 0.253. The number of para-hydroxylation sites is 2. The molecule has 2 fully saturated rings. The predicted octanol–water partition coefficient (Wildman–Crippen LogP) is 5.43. The maximum Gasteiger partial charge on any atom is 0.227 e. The molecule has 4 aromatic carbocycles. The van der Waals surface area contributed by atoms with E-state index in [9.17, 15) is 15.0 Å². The average Bonchev–Trinajstić information content (AvgIpc) is 3.70. The van der Waals surface area contributed by atoms with Gasteiger partial charge in [-0.2, -0.15) is 0 Å². The van der Waals surface area contributed by atoms with Crippen molar-refractivity contribution in [3.05, 3.63) is 138 Å². The second-order valence-electron chi connectivity index (χ2n) is 12.0. The molecule has 6 nitrogen and oxygen atoms in total. The Hall–Kier alpha value is -4.39. The van der Waals surface area contributed by atoms with Gasteiger partial charge in [-0.25, -0.2) is 0 Å². The molecule has 43 heavy (non-hydrogen) atoms. The molecule has 1 aromatic heterocycles. The summed E-state index contributed by atoms with van der Waals surface area (Å²) in [7, 11) is 1.58. The molecule has 3 N–H and O–H groups in total. The van der Waals surface area contributed by atoms with Crippen molar-refractivity contribution in [1.82, 2.24) is 9.88 Å². The van der Waals surface area contributed by atoms with Crippen molar-refractivity contribution in [2.45, 2.75) is 30.0 Å². The Labute approximate surface area is 251 Å². The minimum atomic E-state index is -1.62. The Morgan fingerprint density at radius 1 is 0.860 bits per heavy atom. The number of amides is 1. The van der Waals surface area contributed by atoms with Crippen LogP contribution in [0.25, 0.3) is 10.9 Å². The van der Waals surface area contributed by atoms with Crippen LogP contribution in [0.15, 0.2) is 115 Å². The van der Waals surface area contributed by atoms with E-state index in [2.05, 4.69) is 29.2 Å². The molecule has 2 aliphatic rings. The number of fused-ring (bicyclic) bond motifs is 2. The smallest absolute Gasteiger partial charge is 0.227 e. The van der Waals surface area contributed by atoms with E-state index in [0.717, 1.165) is 27.6 Å². The second-order valence-corrected chi connectivity index (χ2v) is 12.0. The summed E-state index contributed by atoms with van der Waals surface area (Å²) < 4.78 is 5.71. The highest BCUT2D eigenvalue weighted by molar-refractivity contribution is 5.89. The van der Waals surface area contributed by atoms with Gasteiger partial charge in [0, 0.05) is 47.1 Å². The number of methoxy groups -OCH3 is 1. The van der Waals surface area contributed by atoms with Crippen LogP contribution in [0.5, 0.6) is 5.75 Å². The molecule has 7 rings (SSSR count). The third kappa shape index (κ3) is 4.28. The van der Waals surface area contributed by atoms with Crippen LogP contribution < -0.4 is 4.74 Å². The zero-order valence-electron chi connectivity index (χ0n) is 24.2. The number of likely N-dealkylation sites (tertiary alicyclic amines) is 1. The monoisotopic (exact) mass is 572 g/mol. The van der Waals surface area contributed by atoms with Crippen LogP contribution in [-0.4, -0.2) is 52.3 Å². The Balaban J connectivity index is 1.36. The number of rotatable bonds is 6. The lowest BCUT2D eigenvalue weighted by atomic mass is 9.51. The minimum absolute atomic E-state index is 0.00560. The molecule has 6 heteroatoms. The number of carbonyl (C=O) groups excluding carboxylic acids is 1. The van der Waals surface area contributed by atoms with E-state index in [0.29, 0.717) is 30.8 Å². The number of H-pyrrole nitrogens is 1. The van der Waals surface area contributed by atoms with E-state index in [-0.39, 0.29) is 18.2 Å². The van der Waals surface area contributed by atoms with Gasteiger partial charge in [-0.05, 0) is 41.2 Å². The van der Waals surface area contributed by atoms with E-state index in [1.165, 1.54) is 0 Å². The second kappa shape index (κ2) is 10.7. The molecule has 2 heterocycles. The van der Waals surface area contributed by atoms with E-state index >= 15 is 0 Å². The predicted molar refractivity (Wildman–Crippen MR) is 167 cm³/mol. The summed E-state index contributed by atoms with van der Waals surface area (Å²) in [6, 6.07) is 35.9. The first kappa shape index (κ1) is 27.4. The lowest BCUT2D eigenvalue weighted by Crippen LogP contribution is -2.60. The van der Waals surface area contributed by atoms with Gasteiger partial charge in [0.1, 0.15) is 11.4 Å². The molecule has 218 valence electrons.